The Morgan fingerprint density at radius 3 is 3.05 bits per heavy atom. The Morgan fingerprint density at radius 2 is 2.19 bits per heavy atom. The molecule has 0 amide bonds. The monoisotopic (exact) mass is 290 g/mol. The number of nitrogens with one attached hydrogen (secondary N) is 1. The van der Waals surface area contributed by atoms with Crippen molar-refractivity contribution in [1.82, 2.24) is 10.2 Å². The Morgan fingerprint density at radius 1 is 1.29 bits per heavy atom. The van der Waals surface area contributed by atoms with E-state index < -0.39 is 0 Å². The smallest absolute Gasteiger partial charge is 0.0156 e. The molecule has 0 saturated carbocycles. The number of nitrogens with zero attached hydrogens (tertiary/aromatic N) is 1. The number of hydrogen-bond acceptors (Lipinski definition) is 2. The molecule has 1 aliphatic carbocycles. The van der Waals surface area contributed by atoms with Crippen LogP contribution in [0.1, 0.15) is 65.2 Å². The zero-order valence-corrected chi connectivity index (χ0v) is 14.1. The van der Waals surface area contributed by atoms with Crippen molar-refractivity contribution in [1.29, 1.82) is 0 Å². The minimum absolute atomic E-state index is 0.745. The van der Waals surface area contributed by atoms with Crippen molar-refractivity contribution in [2.75, 3.05) is 13.1 Å². The van der Waals surface area contributed by atoms with Gasteiger partial charge in [-0.15, -0.1) is 0 Å². The van der Waals surface area contributed by atoms with Crippen molar-refractivity contribution in [3.8, 4) is 0 Å². The fourth-order valence-electron chi connectivity index (χ4n) is 4.87. The minimum atomic E-state index is 0.745. The van der Waals surface area contributed by atoms with Crippen LogP contribution in [0, 0.1) is 11.8 Å². The molecule has 5 unspecified atom stereocenters. The largest absolute Gasteiger partial charge is 0.311 e. The fourth-order valence-corrected chi connectivity index (χ4v) is 4.87. The van der Waals surface area contributed by atoms with Crippen LogP contribution in [0.25, 0.3) is 0 Å². The SMILES string of the molecule is CCCCC1CC2CN(C3CCCC=CC3C)CCC2N1. The zero-order valence-electron chi connectivity index (χ0n) is 14.1. The summed E-state index contributed by atoms with van der Waals surface area (Å²) in [6, 6.07) is 2.44. The zero-order chi connectivity index (χ0) is 14.7. The van der Waals surface area contributed by atoms with Crippen LogP contribution in [0.2, 0.25) is 0 Å². The molecule has 120 valence electrons. The van der Waals surface area contributed by atoms with Gasteiger partial charge in [0.25, 0.3) is 0 Å². The van der Waals surface area contributed by atoms with Gasteiger partial charge in [-0.2, -0.15) is 0 Å². The van der Waals surface area contributed by atoms with E-state index in [4.69, 9.17) is 0 Å². The van der Waals surface area contributed by atoms with E-state index in [0.29, 0.717) is 0 Å². The second-order valence-corrected chi connectivity index (χ2v) is 7.68. The molecule has 2 aliphatic heterocycles. The first-order valence-corrected chi connectivity index (χ1v) is 9.44. The van der Waals surface area contributed by atoms with Crippen molar-refractivity contribution in [2.45, 2.75) is 83.3 Å². The molecular weight excluding hydrogens is 256 g/mol. The molecule has 5 atom stereocenters. The third-order valence-electron chi connectivity index (χ3n) is 6.09. The fraction of sp³-hybridized carbons (Fsp3) is 0.895. The Hall–Kier alpha value is -0.340. The lowest BCUT2D eigenvalue weighted by molar-refractivity contribution is 0.0904. The first-order chi connectivity index (χ1) is 10.3. The third kappa shape index (κ3) is 3.71. The van der Waals surface area contributed by atoms with Crippen molar-refractivity contribution in [3.05, 3.63) is 12.2 Å². The van der Waals surface area contributed by atoms with E-state index >= 15 is 0 Å². The van der Waals surface area contributed by atoms with Gasteiger partial charge in [-0.1, -0.05) is 38.8 Å². The standard InChI is InChI=1S/C19H34N2/c1-3-4-9-17-13-16-14-21(12-11-18(16)20-17)19-10-7-5-6-8-15(19)2/h6,8,15-20H,3-5,7,9-14H2,1-2H3. The molecule has 2 nitrogen and oxygen atoms in total. The van der Waals surface area contributed by atoms with E-state index in [2.05, 4.69) is 36.2 Å². The van der Waals surface area contributed by atoms with Crippen LogP contribution >= 0.6 is 0 Å². The molecule has 2 saturated heterocycles. The third-order valence-corrected chi connectivity index (χ3v) is 6.09. The summed E-state index contributed by atoms with van der Waals surface area (Å²) in [6.45, 7) is 7.40. The first kappa shape index (κ1) is 15.6. The van der Waals surface area contributed by atoms with Crippen LogP contribution in [0.3, 0.4) is 0 Å². The Kier molecular flexibility index (Phi) is 5.39. The second kappa shape index (κ2) is 7.28. The maximum Gasteiger partial charge on any atom is 0.0156 e. The van der Waals surface area contributed by atoms with Crippen molar-refractivity contribution >= 4 is 0 Å². The Labute approximate surface area is 131 Å². The molecule has 2 heterocycles. The average Bonchev–Trinajstić information content (AvgIpc) is 2.78. The molecule has 1 N–H and O–H groups in total. The topological polar surface area (TPSA) is 15.3 Å². The van der Waals surface area contributed by atoms with E-state index in [-0.39, 0.29) is 0 Å². The van der Waals surface area contributed by atoms with Gasteiger partial charge in [0.1, 0.15) is 0 Å². The quantitative estimate of drug-likeness (QED) is 0.788. The summed E-state index contributed by atoms with van der Waals surface area (Å²) in [5.74, 6) is 1.66. The van der Waals surface area contributed by atoms with Crippen LogP contribution in [0.5, 0.6) is 0 Å². The van der Waals surface area contributed by atoms with E-state index in [1.807, 2.05) is 0 Å². The predicted octanol–water partition coefficient (Wildman–Crippen LogP) is 3.97. The molecule has 0 bridgehead atoms. The highest BCUT2D eigenvalue weighted by atomic mass is 15.2. The lowest BCUT2D eigenvalue weighted by Crippen LogP contribution is -2.50. The molecule has 2 fully saturated rings. The van der Waals surface area contributed by atoms with Crippen LogP contribution in [-0.4, -0.2) is 36.1 Å². The molecule has 0 aromatic carbocycles. The Bertz CT molecular complexity index is 351. The van der Waals surface area contributed by atoms with Crippen LogP contribution in [0.4, 0.5) is 0 Å². The minimum Gasteiger partial charge on any atom is -0.311 e. The summed E-state index contributed by atoms with van der Waals surface area (Å²) >= 11 is 0. The average molecular weight is 290 g/mol. The second-order valence-electron chi connectivity index (χ2n) is 7.68. The Balaban J connectivity index is 1.55. The van der Waals surface area contributed by atoms with Gasteiger partial charge in [0, 0.05) is 24.7 Å². The number of unbranched alkanes of at least 4 members (excludes halogenated alkanes) is 1. The predicted molar refractivity (Wildman–Crippen MR) is 90.5 cm³/mol. The van der Waals surface area contributed by atoms with Gasteiger partial charge < -0.3 is 5.32 Å². The summed E-state index contributed by atoms with van der Waals surface area (Å²) in [6.07, 6.45) is 15.9. The normalized spacial score (nSPS) is 41.0. The number of allylic oxidation sites excluding steroid dienone is 1. The number of rotatable bonds is 4. The summed E-state index contributed by atoms with van der Waals surface area (Å²) in [4.78, 5) is 2.84. The van der Waals surface area contributed by atoms with Gasteiger partial charge in [0.05, 0.1) is 0 Å². The van der Waals surface area contributed by atoms with E-state index in [9.17, 15) is 0 Å². The summed E-state index contributed by atoms with van der Waals surface area (Å²) in [7, 11) is 0. The first-order valence-electron chi connectivity index (χ1n) is 9.44. The summed E-state index contributed by atoms with van der Waals surface area (Å²) < 4.78 is 0. The van der Waals surface area contributed by atoms with Gasteiger partial charge in [-0.25, -0.2) is 0 Å². The van der Waals surface area contributed by atoms with Gasteiger partial charge in [0.2, 0.25) is 0 Å². The highest BCUT2D eigenvalue weighted by Gasteiger charge is 2.39. The van der Waals surface area contributed by atoms with Crippen LogP contribution < -0.4 is 5.32 Å². The summed E-state index contributed by atoms with van der Waals surface area (Å²) in [5.41, 5.74) is 0. The van der Waals surface area contributed by atoms with Crippen LogP contribution in [-0.2, 0) is 0 Å². The number of likely N-dealkylation sites (tertiary alicyclic amines) is 1. The van der Waals surface area contributed by atoms with Gasteiger partial charge in [-0.3, -0.25) is 4.90 Å². The molecular formula is C19H34N2. The molecule has 0 aromatic rings. The number of hydrogen-bond donors (Lipinski definition) is 1. The van der Waals surface area contributed by atoms with Crippen molar-refractivity contribution in [2.24, 2.45) is 11.8 Å². The van der Waals surface area contributed by atoms with E-state index in [0.717, 1.165) is 30.0 Å². The van der Waals surface area contributed by atoms with Crippen LogP contribution in [0.15, 0.2) is 12.2 Å². The highest BCUT2D eigenvalue weighted by Crippen LogP contribution is 2.33. The molecule has 3 aliphatic rings. The lowest BCUT2D eigenvalue weighted by Gasteiger charge is -2.41. The number of piperidine rings is 1. The molecule has 0 spiro atoms. The van der Waals surface area contributed by atoms with Gasteiger partial charge in [0.15, 0.2) is 0 Å². The maximum atomic E-state index is 3.93. The molecule has 0 radical (unpaired) electrons. The van der Waals surface area contributed by atoms with E-state index in [1.165, 1.54) is 64.5 Å². The molecule has 21 heavy (non-hydrogen) atoms. The van der Waals surface area contributed by atoms with Gasteiger partial charge in [-0.05, 0) is 56.9 Å². The maximum absolute atomic E-state index is 3.93. The lowest BCUT2D eigenvalue weighted by atomic mass is 9.88. The highest BCUT2D eigenvalue weighted by molar-refractivity contribution is 5.01. The van der Waals surface area contributed by atoms with Gasteiger partial charge >= 0.3 is 0 Å². The number of fused-ring (bicyclic) bond motifs is 1. The molecule has 0 aromatic heterocycles. The molecule has 3 rings (SSSR count). The molecule has 2 heteroatoms. The van der Waals surface area contributed by atoms with Crippen molar-refractivity contribution < 1.29 is 0 Å². The summed E-state index contributed by atoms with van der Waals surface area (Å²) in [5, 5.41) is 3.93. The van der Waals surface area contributed by atoms with E-state index in [1.54, 1.807) is 0 Å². The van der Waals surface area contributed by atoms with Crippen molar-refractivity contribution in [3.63, 3.8) is 0 Å².